The number of rotatable bonds is 7. The minimum Gasteiger partial charge on any atom is -0.476 e. The lowest BCUT2D eigenvalue weighted by molar-refractivity contribution is -0.158. The Bertz CT molecular complexity index is 629. The van der Waals surface area contributed by atoms with Gasteiger partial charge in [0.2, 0.25) is 0 Å². The van der Waals surface area contributed by atoms with E-state index in [1.165, 1.54) is 6.08 Å². The first-order chi connectivity index (χ1) is 11.2. The Hall–Kier alpha value is -2.30. The fraction of sp³-hybridized carbons (Fsp3) is 0.474. The summed E-state index contributed by atoms with van der Waals surface area (Å²) in [7, 11) is 0. The zero-order valence-corrected chi connectivity index (χ0v) is 15.3. The third kappa shape index (κ3) is 5.41. The number of hydrogen-bond acceptors (Lipinski definition) is 5. The maximum Gasteiger partial charge on any atom is 0.349 e. The van der Waals surface area contributed by atoms with Gasteiger partial charge >= 0.3 is 11.9 Å². The molecule has 0 spiro atoms. The van der Waals surface area contributed by atoms with Crippen LogP contribution in [0.25, 0.3) is 5.57 Å². The van der Waals surface area contributed by atoms with Crippen molar-refractivity contribution in [1.29, 1.82) is 0 Å². The summed E-state index contributed by atoms with van der Waals surface area (Å²) >= 11 is 0. The summed E-state index contributed by atoms with van der Waals surface area (Å²) < 4.78 is 15.8. The summed E-state index contributed by atoms with van der Waals surface area (Å²) in [4.78, 5) is 23.5. The molecule has 0 atom stereocenters. The van der Waals surface area contributed by atoms with Crippen LogP contribution in [0.3, 0.4) is 0 Å². The summed E-state index contributed by atoms with van der Waals surface area (Å²) in [5, 5.41) is 0. The van der Waals surface area contributed by atoms with E-state index in [0.717, 1.165) is 16.7 Å². The largest absolute Gasteiger partial charge is 0.476 e. The van der Waals surface area contributed by atoms with E-state index in [0.29, 0.717) is 19.0 Å². The summed E-state index contributed by atoms with van der Waals surface area (Å²) in [6.45, 7) is 11.2. The molecule has 24 heavy (non-hydrogen) atoms. The Kier molecular flexibility index (Phi) is 7.01. The molecule has 0 amide bonds. The summed E-state index contributed by atoms with van der Waals surface area (Å²) in [5.41, 5.74) is 1.48. The van der Waals surface area contributed by atoms with Gasteiger partial charge in [0.25, 0.3) is 0 Å². The molecule has 1 rings (SSSR count). The Morgan fingerprint density at radius 2 is 1.75 bits per heavy atom. The van der Waals surface area contributed by atoms with Crippen LogP contribution in [0.1, 0.15) is 45.7 Å². The predicted octanol–water partition coefficient (Wildman–Crippen LogP) is 3.68. The molecule has 0 aliphatic heterocycles. The minimum atomic E-state index is -1.07. The Morgan fingerprint density at radius 3 is 2.29 bits per heavy atom. The lowest BCUT2D eigenvalue weighted by atomic mass is 10.0. The van der Waals surface area contributed by atoms with Crippen LogP contribution in [0, 0.1) is 6.92 Å². The number of hydrogen-bond donors (Lipinski definition) is 0. The smallest absolute Gasteiger partial charge is 0.349 e. The van der Waals surface area contributed by atoms with E-state index in [-0.39, 0.29) is 5.97 Å². The second kappa shape index (κ2) is 8.52. The quantitative estimate of drug-likeness (QED) is 0.562. The molecule has 0 bridgehead atoms. The van der Waals surface area contributed by atoms with Crippen molar-refractivity contribution in [3.8, 4) is 5.75 Å². The van der Waals surface area contributed by atoms with Crippen LogP contribution >= 0.6 is 0 Å². The van der Waals surface area contributed by atoms with Crippen molar-refractivity contribution in [2.45, 2.75) is 47.1 Å². The van der Waals surface area contributed by atoms with E-state index >= 15 is 0 Å². The second-order valence-corrected chi connectivity index (χ2v) is 5.89. The molecule has 0 aliphatic rings. The van der Waals surface area contributed by atoms with Crippen molar-refractivity contribution in [1.82, 2.24) is 0 Å². The highest BCUT2D eigenvalue weighted by Crippen LogP contribution is 2.27. The van der Waals surface area contributed by atoms with Crippen molar-refractivity contribution in [2.24, 2.45) is 0 Å². The van der Waals surface area contributed by atoms with E-state index in [2.05, 4.69) is 0 Å². The molecule has 0 saturated carbocycles. The number of carbonyl (C=O) groups excluding carboxylic acids is 2. The molecular formula is C19H26O5. The van der Waals surface area contributed by atoms with E-state index in [4.69, 9.17) is 14.2 Å². The number of benzene rings is 1. The molecule has 0 fully saturated rings. The van der Waals surface area contributed by atoms with Gasteiger partial charge in [0.05, 0.1) is 13.2 Å². The average Bonchev–Trinajstić information content (AvgIpc) is 2.49. The Balaban J connectivity index is 2.96. The first-order valence-corrected chi connectivity index (χ1v) is 8.03. The Morgan fingerprint density at radius 1 is 1.12 bits per heavy atom. The molecule has 5 heteroatoms. The van der Waals surface area contributed by atoms with Gasteiger partial charge < -0.3 is 14.2 Å². The zero-order valence-electron chi connectivity index (χ0n) is 15.3. The molecule has 0 heterocycles. The van der Waals surface area contributed by atoms with Crippen molar-refractivity contribution in [3.63, 3.8) is 0 Å². The highest BCUT2D eigenvalue weighted by atomic mass is 16.6. The number of allylic oxidation sites excluding steroid dienone is 1. The van der Waals surface area contributed by atoms with Crippen LogP contribution in [0.15, 0.2) is 24.3 Å². The molecule has 0 N–H and O–H groups in total. The third-order valence-electron chi connectivity index (χ3n) is 3.38. The maximum absolute atomic E-state index is 11.9. The number of carbonyl (C=O) groups is 2. The third-order valence-corrected chi connectivity index (χ3v) is 3.38. The van der Waals surface area contributed by atoms with Crippen LogP contribution in [0.4, 0.5) is 0 Å². The monoisotopic (exact) mass is 334 g/mol. The van der Waals surface area contributed by atoms with Crippen LogP contribution in [0.5, 0.6) is 5.75 Å². The van der Waals surface area contributed by atoms with Gasteiger partial charge in [-0.25, -0.2) is 9.59 Å². The lowest BCUT2D eigenvalue weighted by Crippen LogP contribution is -2.39. The number of aryl methyl sites for hydroxylation is 1. The highest BCUT2D eigenvalue weighted by Gasteiger charge is 2.32. The van der Waals surface area contributed by atoms with E-state index in [1.807, 2.05) is 26.0 Å². The molecule has 0 unspecified atom stereocenters. The van der Waals surface area contributed by atoms with E-state index in [1.54, 1.807) is 33.8 Å². The highest BCUT2D eigenvalue weighted by molar-refractivity contribution is 5.91. The van der Waals surface area contributed by atoms with Crippen molar-refractivity contribution in [2.75, 3.05) is 13.2 Å². The standard InChI is InChI=1S/C19H26O5/c1-7-22-17(20)12-13(3)15-9-10-16(14(4)11-15)24-19(5,6)18(21)23-8-2/h9-12H,7-8H2,1-6H3/b13-12+. The molecule has 0 saturated heterocycles. The molecule has 1 aromatic carbocycles. The Labute approximate surface area is 143 Å². The molecule has 0 aliphatic carbocycles. The fourth-order valence-corrected chi connectivity index (χ4v) is 2.07. The predicted molar refractivity (Wildman–Crippen MR) is 92.8 cm³/mol. The van der Waals surface area contributed by atoms with Gasteiger partial charge in [0, 0.05) is 6.08 Å². The second-order valence-electron chi connectivity index (χ2n) is 5.89. The van der Waals surface area contributed by atoms with Gasteiger partial charge in [-0.05, 0) is 70.4 Å². The molecule has 132 valence electrons. The fourth-order valence-electron chi connectivity index (χ4n) is 2.07. The first kappa shape index (κ1) is 19.7. The van der Waals surface area contributed by atoms with Crippen LogP contribution in [-0.2, 0) is 19.1 Å². The zero-order chi connectivity index (χ0) is 18.3. The van der Waals surface area contributed by atoms with Crippen molar-refractivity contribution >= 4 is 17.5 Å². The topological polar surface area (TPSA) is 61.8 Å². The maximum atomic E-state index is 11.9. The molecule has 5 nitrogen and oxygen atoms in total. The molecule has 0 aromatic heterocycles. The van der Waals surface area contributed by atoms with Crippen molar-refractivity contribution in [3.05, 3.63) is 35.4 Å². The minimum absolute atomic E-state index is 0.307. The van der Waals surface area contributed by atoms with E-state index in [9.17, 15) is 9.59 Å². The lowest BCUT2D eigenvalue weighted by Gasteiger charge is -2.25. The molecule has 0 radical (unpaired) electrons. The van der Waals surface area contributed by atoms with Gasteiger partial charge in [0.1, 0.15) is 5.75 Å². The van der Waals surface area contributed by atoms with Crippen LogP contribution < -0.4 is 4.74 Å². The normalized spacial score (nSPS) is 11.8. The SMILES string of the molecule is CCOC(=O)/C=C(\C)c1ccc(OC(C)(C)C(=O)OCC)c(C)c1. The number of ether oxygens (including phenoxy) is 3. The van der Waals surface area contributed by atoms with Gasteiger partial charge in [-0.2, -0.15) is 0 Å². The van der Waals surface area contributed by atoms with Crippen LogP contribution in [-0.4, -0.2) is 30.8 Å². The van der Waals surface area contributed by atoms with Gasteiger partial charge in [-0.3, -0.25) is 0 Å². The molecule has 1 aromatic rings. The van der Waals surface area contributed by atoms with Crippen molar-refractivity contribution < 1.29 is 23.8 Å². The van der Waals surface area contributed by atoms with Crippen LogP contribution in [0.2, 0.25) is 0 Å². The van der Waals surface area contributed by atoms with Gasteiger partial charge in [-0.1, -0.05) is 6.07 Å². The summed E-state index contributed by atoms with van der Waals surface area (Å²) in [6, 6.07) is 5.53. The average molecular weight is 334 g/mol. The van der Waals surface area contributed by atoms with Gasteiger partial charge in [-0.15, -0.1) is 0 Å². The summed E-state index contributed by atoms with van der Waals surface area (Å²) in [6.07, 6.45) is 1.46. The first-order valence-electron chi connectivity index (χ1n) is 8.03. The molecular weight excluding hydrogens is 308 g/mol. The summed E-state index contributed by atoms with van der Waals surface area (Å²) in [5.74, 6) is -0.177. The van der Waals surface area contributed by atoms with E-state index < -0.39 is 11.6 Å². The van der Waals surface area contributed by atoms with Gasteiger partial charge in [0.15, 0.2) is 5.60 Å². The number of esters is 2.